The van der Waals surface area contributed by atoms with Crippen LogP contribution in [0, 0.1) is 0 Å². The molecule has 0 radical (unpaired) electrons. The largest absolute Gasteiger partial charge is 0.368 e. The molecule has 1 heteroatoms. The summed E-state index contributed by atoms with van der Waals surface area (Å²) in [6.45, 7) is 12.0. The van der Waals surface area contributed by atoms with Gasteiger partial charge in [0.05, 0.1) is 0 Å². The average molecular weight is 263 g/mol. The van der Waals surface area contributed by atoms with Gasteiger partial charge in [0.2, 0.25) is 0 Å². The maximum atomic E-state index is 4.20. The molecule has 0 fully saturated rings. The number of rotatable bonds is 6. The molecule has 0 amide bonds. The number of hydrogen-bond acceptors (Lipinski definition) is 1. The summed E-state index contributed by atoms with van der Waals surface area (Å²) >= 11 is 0. The van der Waals surface area contributed by atoms with Gasteiger partial charge in [-0.25, -0.2) is 0 Å². The van der Waals surface area contributed by atoms with Gasteiger partial charge < -0.3 is 4.90 Å². The first kappa shape index (κ1) is 14.1. The van der Waals surface area contributed by atoms with Gasteiger partial charge in [0.1, 0.15) is 0 Å². The van der Waals surface area contributed by atoms with E-state index in [9.17, 15) is 0 Å². The van der Waals surface area contributed by atoms with E-state index < -0.39 is 0 Å². The van der Waals surface area contributed by atoms with E-state index >= 15 is 0 Å². The minimum Gasteiger partial charge on any atom is -0.368 e. The van der Waals surface area contributed by atoms with Crippen molar-refractivity contribution in [2.24, 2.45) is 0 Å². The molecule has 0 saturated heterocycles. The highest BCUT2D eigenvalue weighted by molar-refractivity contribution is 5.78. The first-order valence-electron chi connectivity index (χ1n) is 6.97. The van der Waals surface area contributed by atoms with Gasteiger partial charge in [-0.2, -0.15) is 0 Å². The van der Waals surface area contributed by atoms with Crippen molar-refractivity contribution >= 4 is 11.3 Å². The van der Waals surface area contributed by atoms with Crippen molar-refractivity contribution in [3.63, 3.8) is 0 Å². The Morgan fingerprint density at radius 2 is 1.60 bits per heavy atom. The van der Waals surface area contributed by atoms with Crippen LogP contribution in [0.25, 0.3) is 5.57 Å². The standard InChI is InChI=1S/C19H21N/c1-4-15-20(5-2)19-13-11-18(12-14-19)16(3)17-9-7-6-8-10-17/h4,6-14H,1,3,5,15H2,2H3. The van der Waals surface area contributed by atoms with Crippen LogP contribution in [0.2, 0.25) is 0 Å². The summed E-state index contributed by atoms with van der Waals surface area (Å²) in [6.07, 6.45) is 1.93. The molecule has 0 atom stereocenters. The van der Waals surface area contributed by atoms with Crippen LogP contribution in [0.4, 0.5) is 5.69 Å². The maximum Gasteiger partial charge on any atom is 0.0369 e. The van der Waals surface area contributed by atoms with Gasteiger partial charge in [-0.05, 0) is 35.8 Å². The summed E-state index contributed by atoms with van der Waals surface area (Å²) in [5, 5.41) is 0. The van der Waals surface area contributed by atoms with Crippen molar-refractivity contribution < 1.29 is 0 Å². The lowest BCUT2D eigenvalue weighted by Gasteiger charge is -2.21. The number of anilines is 1. The van der Waals surface area contributed by atoms with Crippen molar-refractivity contribution in [3.8, 4) is 0 Å². The lowest BCUT2D eigenvalue weighted by atomic mass is 9.99. The smallest absolute Gasteiger partial charge is 0.0369 e. The first-order chi connectivity index (χ1) is 9.76. The SMILES string of the molecule is C=CCN(CC)c1ccc(C(=C)c2ccccc2)cc1. The molecule has 1 nitrogen and oxygen atoms in total. The van der Waals surface area contributed by atoms with Gasteiger partial charge in [0, 0.05) is 18.8 Å². The van der Waals surface area contributed by atoms with Gasteiger partial charge in [-0.1, -0.05) is 55.1 Å². The monoisotopic (exact) mass is 263 g/mol. The highest BCUT2D eigenvalue weighted by Crippen LogP contribution is 2.24. The van der Waals surface area contributed by atoms with E-state index in [1.54, 1.807) is 0 Å². The van der Waals surface area contributed by atoms with Crippen LogP contribution in [0.3, 0.4) is 0 Å². The molecular formula is C19H21N. The van der Waals surface area contributed by atoms with Crippen molar-refractivity contribution in [2.75, 3.05) is 18.0 Å². The first-order valence-corrected chi connectivity index (χ1v) is 6.97. The van der Waals surface area contributed by atoms with Crippen LogP contribution in [0.15, 0.2) is 73.8 Å². The van der Waals surface area contributed by atoms with E-state index in [1.807, 2.05) is 24.3 Å². The molecule has 2 aromatic rings. The van der Waals surface area contributed by atoms with Crippen molar-refractivity contribution in [1.29, 1.82) is 0 Å². The molecular weight excluding hydrogens is 242 g/mol. The van der Waals surface area contributed by atoms with E-state index in [0.29, 0.717) is 0 Å². The second kappa shape index (κ2) is 6.76. The van der Waals surface area contributed by atoms with E-state index in [4.69, 9.17) is 0 Å². The molecule has 0 saturated carbocycles. The van der Waals surface area contributed by atoms with E-state index in [0.717, 1.165) is 24.2 Å². The topological polar surface area (TPSA) is 3.24 Å². The number of benzene rings is 2. The van der Waals surface area contributed by atoms with Crippen molar-refractivity contribution in [3.05, 3.63) is 85.0 Å². The summed E-state index contributed by atoms with van der Waals surface area (Å²) < 4.78 is 0. The predicted octanol–water partition coefficient (Wildman–Crippen LogP) is 4.76. The Bertz CT molecular complexity index is 566. The molecule has 0 bridgehead atoms. The molecule has 0 N–H and O–H groups in total. The second-order valence-electron chi connectivity index (χ2n) is 4.72. The molecule has 0 aliphatic rings. The molecule has 102 valence electrons. The summed E-state index contributed by atoms with van der Waals surface area (Å²) in [5.41, 5.74) is 4.61. The average Bonchev–Trinajstić information content (AvgIpc) is 2.53. The van der Waals surface area contributed by atoms with Gasteiger partial charge in [-0.15, -0.1) is 6.58 Å². The normalized spacial score (nSPS) is 10.1. The second-order valence-corrected chi connectivity index (χ2v) is 4.72. The Kier molecular flexibility index (Phi) is 4.78. The third kappa shape index (κ3) is 3.18. The predicted molar refractivity (Wildman–Crippen MR) is 89.1 cm³/mol. The third-order valence-corrected chi connectivity index (χ3v) is 3.43. The van der Waals surface area contributed by atoms with E-state index in [2.05, 4.69) is 61.4 Å². The molecule has 20 heavy (non-hydrogen) atoms. The molecule has 0 aliphatic carbocycles. The van der Waals surface area contributed by atoms with Gasteiger partial charge in [0.15, 0.2) is 0 Å². The zero-order valence-corrected chi connectivity index (χ0v) is 12.0. The van der Waals surface area contributed by atoms with Crippen LogP contribution in [-0.4, -0.2) is 13.1 Å². The Morgan fingerprint density at radius 3 is 2.15 bits per heavy atom. The third-order valence-electron chi connectivity index (χ3n) is 3.43. The van der Waals surface area contributed by atoms with Crippen molar-refractivity contribution in [1.82, 2.24) is 0 Å². The molecule has 0 unspecified atom stereocenters. The highest BCUT2D eigenvalue weighted by atomic mass is 15.1. The van der Waals surface area contributed by atoms with Crippen LogP contribution in [0.5, 0.6) is 0 Å². The number of nitrogens with zero attached hydrogens (tertiary/aromatic N) is 1. The van der Waals surface area contributed by atoms with Crippen LogP contribution in [-0.2, 0) is 0 Å². The Labute approximate surface area is 121 Å². The molecule has 2 rings (SSSR count). The van der Waals surface area contributed by atoms with Gasteiger partial charge in [-0.3, -0.25) is 0 Å². The summed E-state index contributed by atoms with van der Waals surface area (Å²) in [4.78, 5) is 2.28. The fraction of sp³-hybridized carbons (Fsp3) is 0.158. The lowest BCUT2D eigenvalue weighted by molar-refractivity contribution is 0.907. The van der Waals surface area contributed by atoms with E-state index in [1.165, 1.54) is 11.3 Å². The van der Waals surface area contributed by atoms with E-state index in [-0.39, 0.29) is 0 Å². The molecule has 0 spiro atoms. The summed E-state index contributed by atoms with van der Waals surface area (Å²) in [5.74, 6) is 0. The number of hydrogen-bond donors (Lipinski definition) is 0. The number of likely N-dealkylation sites (N-methyl/N-ethyl adjacent to an activating group) is 1. The summed E-state index contributed by atoms with van der Waals surface area (Å²) in [7, 11) is 0. The molecule has 2 aromatic carbocycles. The lowest BCUT2D eigenvalue weighted by Crippen LogP contribution is -2.22. The Hall–Kier alpha value is -2.28. The van der Waals surface area contributed by atoms with Crippen LogP contribution < -0.4 is 4.90 Å². The Morgan fingerprint density at radius 1 is 1.00 bits per heavy atom. The zero-order valence-electron chi connectivity index (χ0n) is 12.0. The summed E-state index contributed by atoms with van der Waals surface area (Å²) in [6, 6.07) is 18.8. The minimum atomic E-state index is 0.871. The quantitative estimate of drug-likeness (QED) is 0.679. The minimum absolute atomic E-state index is 0.871. The van der Waals surface area contributed by atoms with Crippen molar-refractivity contribution in [2.45, 2.75) is 6.92 Å². The van der Waals surface area contributed by atoms with Crippen LogP contribution >= 0.6 is 0 Å². The van der Waals surface area contributed by atoms with Gasteiger partial charge in [0.25, 0.3) is 0 Å². The molecule has 0 heterocycles. The van der Waals surface area contributed by atoms with Crippen LogP contribution in [0.1, 0.15) is 18.1 Å². The maximum absolute atomic E-state index is 4.20. The zero-order chi connectivity index (χ0) is 14.4. The van der Waals surface area contributed by atoms with Gasteiger partial charge >= 0.3 is 0 Å². The Balaban J connectivity index is 2.20. The molecule has 0 aromatic heterocycles. The molecule has 0 aliphatic heterocycles. The fourth-order valence-corrected chi connectivity index (χ4v) is 2.25. The highest BCUT2D eigenvalue weighted by Gasteiger charge is 2.05. The fourth-order valence-electron chi connectivity index (χ4n) is 2.25.